The molecule has 0 amide bonds. The van der Waals surface area contributed by atoms with Crippen molar-refractivity contribution >= 4 is 27.8 Å². The number of benzene rings is 2. The van der Waals surface area contributed by atoms with E-state index in [1.165, 1.54) is 11.3 Å². The first kappa shape index (κ1) is 27.0. The molecular weight excluding hydrogens is 449 g/mol. The molecule has 0 bridgehead atoms. The van der Waals surface area contributed by atoms with Gasteiger partial charge in [-0.3, -0.25) is 0 Å². The second kappa shape index (κ2) is 12.8. The van der Waals surface area contributed by atoms with Gasteiger partial charge in [0.2, 0.25) is 0 Å². The maximum absolute atomic E-state index is 4.36. The molecule has 0 fully saturated rings. The predicted molar refractivity (Wildman–Crippen MR) is 121 cm³/mol. The minimum Gasteiger partial charge on any atom is -1.00 e. The Hall–Kier alpha value is -1.99. The number of likely N-dealkylation sites (N-methyl/N-ethyl adjacent to an activating group) is 2. The maximum Gasteiger partial charge on any atom is 0.408 e. The zero-order valence-electron chi connectivity index (χ0n) is 18.6. The lowest BCUT2D eigenvalue weighted by atomic mass is 10.2. The Morgan fingerprint density at radius 3 is 2.23 bits per heavy atom. The van der Waals surface area contributed by atoms with Crippen LogP contribution in [0.2, 0.25) is 0 Å². The first-order valence-corrected chi connectivity index (χ1v) is 10.9. The van der Waals surface area contributed by atoms with Gasteiger partial charge in [-0.2, -0.15) is 0 Å². The van der Waals surface area contributed by atoms with Gasteiger partial charge in [0.1, 0.15) is 18.4 Å². The smallest absolute Gasteiger partial charge is 0.408 e. The number of aromatic nitrogens is 1. The van der Waals surface area contributed by atoms with Crippen LogP contribution in [0.3, 0.4) is 0 Å². The molecule has 8 heteroatoms. The standard InChI is InChI=1S/C23H31N5S.2ClH/c1-5-27(15-17-28(3,4)19-20-9-7-6-8-10-20)22-13-11-21(12-14-22)24-25-23-26(2)16-18-29-23;;/h6-14,16,18H,5,15,17,19H2,1-4H3;2*1H/q+2;;/p-2. The van der Waals surface area contributed by atoms with Crippen LogP contribution in [0, 0.1) is 0 Å². The summed E-state index contributed by atoms with van der Waals surface area (Å²) < 4.78 is 2.93. The van der Waals surface area contributed by atoms with Gasteiger partial charge in [-0.05, 0) is 47.6 Å². The van der Waals surface area contributed by atoms with Crippen LogP contribution in [0.15, 0.2) is 76.4 Å². The van der Waals surface area contributed by atoms with Gasteiger partial charge < -0.3 is 34.2 Å². The van der Waals surface area contributed by atoms with Crippen molar-refractivity contribution in [3.05, 3.63) is 71.7 Å². The average Bonchev–Trinajstić information content (AvgIpc) is 3.13. The topological polar surface area (TPSA) is 31.8 Å². The number of hydrogen-bond acceptors (Lipinski definition) is 4. The number of azo groups is 1. The molecule has 0 saturated carbocycles. The predicted octanol–water partition coefficient (Wildman–Crippen LogP) is -0.901. The van der Waals surface area contributed by atoms with Crippen molar-refractivity contribution in [1.82, 2.24) is 0 Å². The minimum atomic E-state index is 0. The molecular formula is C23H31Cl2N5S. The van der Waals surface area contributed by atoms with Gasteiger partial charge in [-0.1, -0.05) is 30.3 Å². The number of quaternary nitrogens is 1. The minimum absolute atomic E-state index is 0. The van der Waals surface area contributed by atoms with E-state index in [0.717, 1.165) is 41.5 Å². The summed E-state index contributed by atoms with van der Waals surface area (Å²) in [6.45, 7) is 6.33. The van der Waals surface area contributed by atoms with Crippen LogP contribution in [0.5, 0.6) is 0 Å². The van der Waals surface area contributed by atoms with Gasteiger partial charge in [-0.25, -0.2) is 4.57 Å². The van der Waals surface area contributed by atoms with Crippen LogP contribution >= 0.6 is 11.3 Å². The Labute approximate surface area is 202 Å². The summed E-state index contributed by atoms with van der Waals surface area (Å²) in [5.41, 5.74) is 3.49. The molecule has 168 valence electrons. The van der Waals surface area contributed by atoms with E-state index in [2.05, 4.69) is 78.6 Å². The van der Waals surface area contributed by atoms with E-state index in [9.17, 15) is 0 Å². The summed E-state index contributed by atoms with van der Waals surface area (Å²) in [4.78, 5) is 2.42. The van der Waals surface area contributed by atoms with Gasteiger partial charge in [0.15, 0.2) is 0 Å². The van der Waals surface area contributed by atoms with Gasteiger partial charge in [-0.15, -0.1) is 0 Å². The molecule has 3 aromatic rings. The largest absolute Gasteiger partial charge is 1.00 e. The summed E-state index contributed by atoms with van der Waals surface area (Å²) in [6, 6.07) is 19.1. The molecule has 0 radical (unpaired) electrons. The molecule has 5 nitrogen and oxygen atoms in total. The van der Waals surface area contributed by atoms with E-state index in [1.807, 2.05) is 35.3 Å². The molecule has 1 aromatic heterocycles. The van der Waals surface area contributed by atoms with Crippen molar-refractivity contribution in [2.45, 2.75) is 13.5 Å². The van der Waals surface area contributed by atoms with Crippen LogP contribution in [0.4, 0.5) is 16.5 Å². The lowest BCUT2D eigenvalue weighted by Crippen LogP contribution is -3.00. The summed E-state index contributed by atoms with van der Waals surface area (Å²) in [6.07, 6.45) is 1.99. The van der Waals surface area contributed by atoms with E-state index in [1.54, 1.807) is 11.3 Å². The van der Waals surface area contributed by atoms with E-state index in [4.69, 9.17) is 0 Å². The molecule has 0 N–H and O–H groups in total. The lowest BCUT2D eigenvalue weighted by molar-refractivity contribution is -0.902. The number of nitrogens with zero attached hydrogens (tertiary/aromatic N) is 5. The zero-order valence-corrected chi connectivity index (χ0v) is 20.9. The fourth-order valence-corrected chi connectivity index (χ4v) is 3.95. The molecule has 0 aliphatic carbocycles. The monoisotopic (exact) mass is 479 g/mol. The summed E-state index contributed by atoms with van der Waals surface area (Å²) in [5.74, 6) is 0. The van der Waals surface area contributed by atoms with Crippen LogP contribution in [-0.2, 0) is 13.6 Å². The third kappa shape index (κ3) is 8.22. The van der Waals surface area contributed by atoms with Gasteiger partial charge in [0, 0.05) is 23.2 Å². The van der Waals surface area contributed by atoms with Crippen molar-refractivity contribution in [1.29, 1.82) is 0 Å². The van der Waals surface area contributed by atoms with Crippen molar-refractivity contribution in [3.8, 4) is 0 Å². The van der Waals surface area contributed by atoms with Gasteiger partial charge in [0.05, 0.1) is 39.3 Å². The highest BCUT2D eigenvalue weighted by Gasteiger charge is 2.17. The Morgan fingerprint density at radius 2 is 1.65 bits per heavy atom. The lowest BCUT2D eigenvalue weighted by Gasteiger charge is -2.33. The fourth-order valence-electron chi connectivity index (χ4n) is 3.27. The first-order valence-electron chi connectivity index (χ1n) is 10.0. The number of halogens is 2. The zero-order chi connectivity index (χ0) is 20.7. The Morgan fingerprint density at radius 1 is 0.968 bits per heavy atom. The highest BCUT2D eigenvalue weighted by atomic mass is 35.5. The number of thiazole rings is 1. The first-order chi connectivity index (χ1) is 14.0. The SMILES string of the molecule is CCN(CC[N+](C)(C)Cc1ccccc1)c1ccc(/N=N/c2scc[n+]2C)cc1.[Cl-].[Cl-]. The van der Waals surface area contributed by atoms with E-state index in [-0.39, 0.29) is 24.8 Å². The summed E-state index contributed by atoms with van der Waals surface area (Å²) in [5, 5.41) is 11.6. The Kier molecular flexibility index (Phi) is 11.1. The highest BCUT2D eigenvalue weighted by Crippen LogP contribution is 2.23. The third-order valence-corrected chi connectivity index (χ3v) is 5.87. The quantitative estimate of drug-likeness (QED) is 0.222. The Bertz CT molecular complexity index is 927. The molecule has 0 saturated heterocycles. The van der Waals surface area contributed by atoms with Crippen LogP contribution in [0.25, 0.3) is 0 Å². The molecule has 1 heterocycles. The normalized spacial score (nSPS) is 11.1. The number of anilines is 1. The molecule has 0 aliphatic rings. The van der Waals surface area contributed by atoms with Gasteiger partial charge in [0.25, 0.3) is 0 Å². The molecule has 0 spiro atoms. The van der Waals surface area contributed by atoms with Crippen molar-refractivity contribution in [2.75, 3.05) is 38.6 Å². The fraction of sp³-hybridized carbons (Fsp3) is 0.348. The van der Waals surface area contributed by atoms with Crippen molar-refractivity contribution in [3.63, 3.8) is 0 Å². The van der Waals surface area contributed by atoms with Crippen molar-refractivity contribution < 1.29 is 33.9 Å². The molecule has 0 atom stereocenters. The maximum atomic E-state index is 4.36. The second-order valence-electron chi connectivity index (χ2n) is 7.90. The third-order valence-electron chi connectivity index (χ3n) is 5.04. The molecule has 31 heavy (non-hydrogen) atoms. The van der Waals surface area contributed by atoms with Crippen LogP contribution < -0.4 is 34.3 Å². The van der Waals surface area contributed by atoms with Gasteiger partial charge >= 0.3 is 5.13 Å². The van der Waals surface area contributed by atoms with E-state index >= 15 is 0 Å². The number of aryl methyl sites for hydroxylation is 1. The van der Waals surface area contributed by atoms with E-state index in [0.29, 0.717) is 0 Å². The molecule has 0 aliphatic heterocycles. The van der Waals surface area contributed by atoms with Crippen LogP contribution in [0.1, 0.15) is 12.5 Å². The number of rotatable bonds is 9. The molecule has 0 unspecified atom stereocenters. The second-order valence-corrected chi connectivity index (χ2v) is 8.77. The average molecular weight is 481 g/mol. The molecule has 3 rings (SSSR count). The van der Waals surface area contributed by atoms with E-state index < -0.39 is 0 Å². The highest BCUT2D eigenvalue weighted by molar-refractivity contribution is 7.12. The Balaban J connectivity index is 0.00000240. The summed E-state index contributed by atoms with van der Waals surface area (Å²) >= 11 is 1.58. The molecule has 2 aromatic carbocycles. The van der Waals surface area contributed by atoms with Crippen LogP contribution in [-0.4, -0.2) is 38.2 Å². The van der Waals surface area contributed by atoms with Crippen molar-refractivity contribution in [2.24, 2.45) is 17.3 Å². The summed E-state index contributed by atoms with van der Waals surface area (Å²) in [7, 11) is 6.58. The number of hydrogen-bond donors (Lipinski definition) is 0.